The Balaban J connectivity index is 1.55. The van der Waals surface area contributed by atoms with Gasteiger partial charge in [-0.15, -0.1) is 0 Å². The Labute approximate surface area is 167 Å². The van der Waals surface area contributed by atoms with Crippen molar-refractivity contribution in [2.45, 2.75) is 37.3 Å². The molecule has 2 heterocycles. The molecule has 0 N–H and O–H groups in total. The molecule has 0 spiro atoms. The maximum absolute atomic E-state index is 14.0. The molecule has 29 heavy (non-hydrogen) atoms. The van der Waals surface area contributed by atoms with Crippen molar-refractivity contribution in [1.29, 1.82) is 0 Å². The maximum Gasteiger partial charge on any atom is 0.414 e. The van der Waals surface area contributed by atoms with Crippen LogP contribution in [0.2, 0.25) is 0 Å². The molecule has 6 nitrogen and oxygen atoms in total. The number of para-hydroxylation sites is 1. The summed E-state index contributed by atoms with van der Waals surface area (Å²) in [5, 5.41) is 0. The number of ether oxygens (including phenoxy) is 1. The lowest BCUT2D eigenvalue weighted by atomic mass is 10.00. The van der Waals surface area contributed by atoms with Gasteiger partial charge in [0.15, 0.2) is 0 Å². The van der Waals surface area contributed by atoms with Crippen molar-refractivity contribution in [3.63, 3.8) is 0 Å². The number of hydrogen-bond acceptors (Lipinski definition) is 4. The predicted octanol–water partition coefficient (Wildman–Crippen LogP) is 3.58. The fraction of sp³-hybridized carbons (Fsp3) is 0.350. The molecular weight excluding hydrogens is 402 g/mol. The van der Waals surface area contributed by atoms with Gasteiger partial charge in [-0.2, -0.15) is 4.31 Å². The minimum atomic E-state index is -4.09. The molecule has 154 valence electrons. The third kappa shape index (κ3) is 3.49. The second-order valence-electron chi connectivity index (χ2n) is 7.22. The van der Waals surface area contributed by atoms with Gasteiger partial charge in [-0.3, -0.25) is 4.90 Å². The van der Waals surface area contributed by atoms with Gasteiger partial charge in [0.25, 0.3) is 0 Å². The Morgan fingerprint density at radius 3 is 2.52 bits per heavy atom. The Kier molecular flexibility index (Phi) is 5.04. The summed E-state index contributed by atoms with van der Waals surface area (Å²) in [6.45, 7) is 2.37. The number of cyclic esters (lactones) is 1. The van der Waals surface area contributed by atoms with E-state index in [0.29, 0.717) is 18.9 Å². The molecule has 4 rings (SSSR count). The molecule has 1 saturated heterocycles. The first kappa shape index (κ1) is 19.8. The largest absolute Gasteiger partial charge is 0.444 e. The number of anilines is 1. The molecular formula is C20H20F2N2O4S. The standard InChI is InChI=1S/C20H20F2N2O4S/c1-13-3-2-4-14-12-28-20(25)24(19(13)14)16-7-9-23(10-8-16)29(26,27)18-6-5-15(21)11-17(18)22/h2-6,11,16H,7-10,12H2,1H3. The number of nitrogens with zero attached hydrogens (tertiary/aromatic N) is 2. The summed E-state index contributed by atoms with van der Waals surface area (Å²) in [5.74, 6) is -1.95. The van der Waals surface area contributed by atoms with Crippen LogP contribution in [0.5, 0.6) is 0 Å². The number of halogens is 2. The first-order valence-electron chi connectivity index (χ1n) is 9.28. The van der Waals surface area contributed by atoms with Crippen molar-refractivity contribution in [1.82, 2.24) is 4.31 Å². The van der Waals surface area contributed by atoms with Gasteiger partial charge in [-0.05, 0) is 37.5 Å². The van der Waals surface area contributed by atoms with Gasteiger partial charge in [-0.1, -0.05) is 18.2 Å². The van der Waals surface area contributed by atoms with E-state index >= 15 is 0 Å². The van der Waals surface area contributed by atoms with Gasteiger partial charge in [0.05, 0.1) is 5.69 Å². The SMILES string of the molecule is Cc1cccc2c1N(C1CCN(S(=O)(=O)c3ccc(F)cc3F)CC1)C(=O)OC2. The Bertz CT molecular complexity index is 1070. The zero-order chi connectivity index (χ0) is 20.8. The molecule has 2 aromatic carbocycles. The van der Waals surface area contributed by atoms with Gasteiger partial charge < -0.3 is 4.74 Å². The number of carbonyl (C=O) groups is 1. The number of piperidine rings is 1. The lowest BCUT2D eigenvalue weighted by Gasteiger charge is -2.40. The first-order chi connectivity index (χ1) is 13.8. The lowest BCUT2D eigenvalue weighted by Crippen LogP contribution is -2.50. The molecule has 2 aromatic rings. The summed E-state index contributed by atoms with van der Waals surface area (Å²) in [6, 6.07) is 7.91. The van der Waals surface area contributed by atoms with Crippen molar-refractivity contribution in [3.05, 3.63) is 59.2 Å². The zero-order valence-electron chi connectivity index (χ0n) is 15.8. The summed E-state index contributed by atoms with van der Waals surface area (Å²) in [5.41, 5.74) is 2.67. The van der Waals surface area contributed by atoms with Crippen molar-refractivity contribution >= 4 is 21.8 Å². The summed E-state index contributed by atoms with van der Waals surface area (Å²) >= 11 is 0. The van der Waals surface area contributed by atoms with Gasteiger partial charge in [0.1, 0.15) is 23.1 Å². The Morgan fingerprint density at radius 2 is 1.83 bits per heavy atom. The highest BCUT2D eigenvalue weighted by atomic mass is 32.2. The molecule has 0 atom stereocenters. The number of aryl methyl sites for hydroxylation is 1. The van der Waals surface area contributed by atoms with E-state index in [2.05, 4.69) is 0 Å². The van der Waals surface area contributed by atoms with Crippen molar-refractivity contribution in [2.75, 3.05) is 18.0 Å². The van der Waals surface area contributed by atoms with E-state index in [1.54, 1.807) is 4.90 Å². The smallest absolute Gasteiger partial charge is 0.414 e. The molecule has 2 aliphatic heterocycles. The van der Waals surface area contributed by atoms with Gasteiger partial charge >= 0.3 is 6.09 Å². The minimum absolute atomic E-state index is 0.120. The van der Waals surface area contributed by atoms with Crippen LogP contribution >= 0.6 is 0 Å². The molecule has 0 aromatic heterocycles. The average molecular weight is 422 g/mol. The first-order valence-corrected chi connectivity index (χ1v) is 10.7. The minimum Gasteiger partial charge on any atom is -0.444 e. The normalized spacial score (nSPS) is 18.4. The van der Waals surface area contributed by atoms with Crippen LogP contribution in [0.3, 0.4) is 0 Å². The number of rotatable bonds is 3. The maximum atomic E-state index is 14.0. The third-order valence-corrected chi connectivity index (χ3v) is 7.34. The molecule has 2 aliphatic rings. The highest BCUT2D eigenvalue weighted by Crippen LogP contribution is 2.35. The predicted molar refractivity (Wildman–Crippen MR) is 102 cm³/mol. The van der Waals surface area contributed by atoms with E-state index in [0.717, 1.165) is 28.9 Å². The number of sulfonamides is 1. The van der Waals surface area contributed by atoms with Crippen molar-refractivity contribution < 1.29 is 26.7 Å². The molecule has 0 radical (unpaired) electrons. The molecule has 0 bridgehead atoms. The van der Waals surface area contributed by atoms with Crippen LogP contribution < -0.4 is 4.90 Å². The highest BCUT2D eigenvalue weighted by molar-refractivity contribution is 7.89. The number of carbonyl (C=O) groups excluding carboxylic acids is 1. The van der Waals surface area contributed by atoms with E-state index in [1.165, 1.54) is 4.31 Å². The molecule has 1 amide bonds. The Hall–Kier alpha value is -2.52. The van der Waals surface area contributed by atoms with Crippen molar-refractivity contribution in [2.24, 2.45) is 0 Å². The quantitative estimate of drug-likeness (QED) is 0.758. The van der Waals surface area contributed by atoms with E-state index in [9.17, 15) is 22.0 Å². The highest BCUT2D eigenvalue weighted by Gasteiger charge is 2.38. The van der Waals surface area contributed by atoms with Crippen LogP contribution in [-0.4, -0.2) is 37.9 Å². The lowest BCUT2D eigenvalue weighted by molar-refractivity contribution is 0.135. The van der Waals surface area contributed by atoms with E-state index in [4.69, 9.17) is 4.74 Å². The van der Waals surface area contributed by atoms with Crippen LogP contribution in [0, 0.1) is 18.6 Å². The van der Waals surface area contributed by atoms with Gasteiger partial charge in [0, 0.05) is 30.8 Å². The second kappa shape index (κ2) is 7.38. The number of fused-ring (bicyclic) bond motifs is 1. The number of amides is 1. The van der Waals surface area contributed by atoms with Crippen LogP contribution in [0.15, 0.2) is 41.3 Å². The van der Waals surface area contributed by atoms with Gasteiger partial charge in [0.2, 0.25) is 10.0 Å². The summed E-state index contributed by atoms with van der Waals surface area (Å²) in [6.07, 6.45) is 0.313. The van der Waals surface area contributed by atoms with E-state index < -0.39 is 32.6 Å². The average Bonchev–Trinajstić information content (AvgIpc) is 2.68. The second-order valence-corrected chi connectivity index (χ2v) is 9.12. The fourth-order valence-electron chi connectivity index (χ4n) is 3.98. The number of hydrogen-bond donors (Lipinski definition) is 0. The summed E-state index contributed by atoms with van der Waals surface area (Å²) in [4.78, 5) is 13.5. The van der Waals surface area contributed by atoms with E-state index in [-0.39, 0.29) is 25.7 Å². The van der Waals surface area contributed by atoms with Crippen molar-refractivity contribution in [3.8, 4) is 0 Å². The van der Waals surface area contributed by atoms with Crippen LogP contribution in [0.4, 0.5) is 19.3 Å². The Morgan fingerprint density at radius 1 is 1.10 bits per heavy atom. The zero-order valence-corrected chi connectivity index (χ0v) is 16.6. The molecule has 1 fully saturated rings. The molecule has 0 aliphatic carbocycles. The van der Waals surface area contributed by atoms with Gasteiger partial charge in [-0.25, -0.2) is 22.0 Å². The van der Waals surface area contributed by atoms with E-state index in [1.807, 2.05) is 25.1 Å². The molecule has 9 heteroatoms. The molecule has 0 saturated carbocycles. The summed E-state index contributed by atoms with van der Waals surface area (Å²) < 4.78 is 59.2. The van der Waals surface area contributed by atoms with Crippen LogP contribution in [0.1, 0.15) is 24.0 Å². The monoisotopic (exact) mass is 422 g/mol. The summed E-state index contributed by atoms with van der Waals surface area (Å²) in [7, 11) is -4.09. The third-order valence-electron chi connectivity index (χ3n) is 5.41. The number of benzene rings is 2. The molecule has 0 unspecified atom stereocenters. The topological polar surface area (TPSA) is 66.9 Å². The van der Waals surface area contributed by atoms with Crippen LogP contribution in [-0.2, 0) is 21.4 Å². The van der Waals surface area contributed by atoms with Crippen LogP contribution in [0.25, 0.3) is 0 Å². The fourth-order valence-corrected chi connectivity index (χ4v) is 5.49.